The molecular weight excluding hydrogens is 550 g/mol. The van der Waals surface area contributed by atoms with E-state index in [1.54, 1.807) is 0 Å². The molecule has 26 heavy (non-hydrogen) atoms. The average molecular weight is 578 g/mol. The van der Waals surface area contributed by atoms with Gasteiger partial charge in [0.1, 0.15) is 0 Å². The summed E-state index contributed by atoms with van der Waals surface area (Å²) in [7, 11) is 0. The highest BCUT2D eigenvalue weighted by Crippen LogP contribution is 2.22. The minimum Gasteiger partial charge on any atom is -0.377 e. The monoisotopic (exact) mass is 578 g/mol. The molecule has 0 amide bonds. The third kappa shape index (κ3) is 8.67. The molecule has 2 aromatic rings. The second-order valence-corrected chi connectivity index (χ2v) is 10.9. The Morgan fingerprint density at radius 1 is 0.731 bits per heavy atom. The molecule has 0 radical (unpaired) electrons. The SMILES string of the molecule is CC(I)CCOCc1cccc(-c2cccc(COCCC(C)I)c2)c1. The van der Waals surface area contributed by atoms with Gasteiger partial charge in [-0.3, -0.25) is 0 Å². The summed E-state index contributed by atoms with van der Waals surface area (Å²) in [6.07, 6.45) is 2.19. The van der Waals surface area contributed by atoms with E-state index in [1.165, 1.54) is 22.3 Å². The first-order valence-electron chi connectivity index (χ1n) is 9.16. The Balaban J connectivity index is 1.93. The molecular formula is C22H28I2O2. The fourth-order valence-corrected chi connectivity index (χ4v) is 3.06. The van der Waals surface area contributed by atoms with Gasteiger partial charge in [-0.1, -0.05) is 95.4 Å². The number of benzene rings is 2. The van der Waals surface area contributed by atoms with E-state index in [1.807, 2.05) is 0 Å². The summed E-state index contributed by atoms with van der Waals surface area (Å²) < 4.78 is 12.9. The van der Waals surface area contributed by atoms with Crippen molar-refractivity contribution in [2.75, 3.05) is 13.2 Å². The lowest BCUT2D eigenvalue weighted by Gasteiger charge is -2.10. The minimum atomic E-state index is 0.656. The lowest BCUT2D eigenvalue weighted by atomic mass is 10.0. The molecule has 2 nitrogen and oxygen atoms in total. The van der Waals surface area contributed by atoms with Gasteiger partial charge in [-0.15, -0.1) is 0 Å². The quantitative estimate of drug-likeness (QED) is 0.166. The van der Waals surface area contributed by atoms with Crippen LogP contribution in [0, 0.1) is 0 Å². The van der Waals surface area contributed by atoms with Crippen LogP contribution in [0.15, 0.2) is 48.5 Å². The van der Waals surface area contributed by atoms with Gasteiger partial charge in [0.25, 0.3) is 0 Å². The molecule has 0 heterocycles. The maximum absolute atomic E-state index is 5.80. The molecule has 0 N–H and O–H groups in total. The van der Waals surface area contributed by atoms with Gasteiger partial charge in [-0.25, -0.2) is 0 Å². The van der Waals surface area contributed by atoms with Gasteiger partial charge in [0.15, 0.2) is 0 Å². The Morgan fingerprint density at radius 2 is 1.15 bits per heavy atom. The third-order valence-corrected chi connectivity index (χ3v) is 5.29. The van der Waals surface area contributed by atoms with Crippen LogP contribution in [0.2, 0.25) is 0 Å². The molecule has 2 atom stereocenters. The Kier molecular flexibility index (Phi) is 10.5. The van der Waals surface area contributed by atoms with E-state index < -0.39 is 0 Å². The highest BCUT2D eigenvalue weighted by molar-refractivity contribution is 14.1. The molecule has 0 saturated heterocycles. The molecule has 0 aliphatic rings. The van der Waals surface area contributed by atoms with Gasteiger partial charge in [0.05, 0.1) is 13.2 Å². The molecule has 0 saturated carbocycles. The molecule has 2 aromatic carbocycles. The Bertz CT molecular complexity index is 599. The molecule has 0 bridgehead atoms. The predicted octanol–water partition coefficient (Wildman–Crippen LogP) is 6.81. The maximum atomic E-state index is 5.80. The maximum Gasteiger partial charge on any atom is 0.0717 e. The predicted molar refractivity (Wildman–Crippen MR) is 127 cm³/mol. The second-order valence-electron chi connectivity index (χ2n) is 6.64. The molecule has 0 aromatic heterocycles. The summed E-state index contributed by atoms with van der Waals surface area (Å²) in [5.41, 5.74) is 4.91. The van der Waals surface area contributed by atoms with E-state index in [-0.39, 0.29) is 0 Å². The smallest absolute Gasteiger partial charge is 0.0717 e. The summed E-state index contributed by atoms with van der Waals surface area (Å²) in [6, 6.07) is 17.3. The van der Waals surface area contributed by atoms with Crippen LogP contribution < -0.4 is 0 Å². The summed E-state index contributed by atoms with van der Waals surface area (Å²) in [6.45, 7) is 7.41. The molecule has 0 spiro atoms. The van der Waals surface area contributed by atoms with E-state index >= 15 is 0 Å². The zero-order valence-corrected chi connectivity index (χ0v) is 19.9. The van der Waals surface area contributed by atoms with Crippen LogP contribution in [0.5, 0.6) is 0 Å². The molecule has 0 aliphatic heterocycles. The van der Waals surface area contributed by atoms with Crippen molar-refractivity contribution in [2.24, 2.45) is 0 Å². The normalized spacial score (nSPS) is 13.5. The van der Waals surface area contributed by atoms with E-state index in [2.05, 4.69) is 108 Å². The van der Waals surface area contributed by atoms with E-state index in [0.29, 0.717) is 21.1 Å². The summed E-state index contributed by atoms with van der Waals surface area (Å²) in [5, 5.41) is 0. The van der Waals surface area contributed by atoms with Crippen LogP contribution in [0.3, 0.4) is 0 Å². The van der Waals surface area contributed by atoms with Crippen molar-refractivity contribution < 1.29 is 9.47 Å². The average Bonchev–Trinajstić information content (AvgIpc) is 2.63. The molecule has 142 valence electrons. The van der Waals surface area contributed by atoms with E-state index in [0.717, 1.165) is 26.1 Å². The Labute approximate surface area is 185 Å². The van der Waals surface area contributed by atoms with E-state index in [4.69, 9.17) is 9.47 Å². The number of halogens is 2. The summed E-state index contributed by atoms with van der Waals surface area (Å²) in [4.78, 5) is 0. The van der Waals surface area contributed by atoms with Crippen LogP contribution in [-0.2, 0) is 22.7 Å². The van der Waals surface area contributed by atoms with Gasteiger partial charge in [0, 0.05) is 21.1 Å². The van der Waals surface area contributed by atoms with Crippen LogP contribution in [-0.4, -0.2) is 21.1 Å². The van der Waals surface area contributed by atoms with Crippen molar-refractivity contribution in [2.45, 2.75) is 47.8 Å². The van der Waals surface area contributed by atoms with Crippen LogP contribution >= 0.6 is 45.2 Å². The van der Waals surface area contributed by atoms with Gasteiger partial charge in [0.2, 0.25) is 0 Å². The zero-order valence-electron chi connectivity index (χ0n) is 15.6. The fourth-order valence-electron chi connectivity index (χ4n) is 2.55. The molecule has 4 heteroatoms. The fraction of sp³-hybridized carbons (Fsp3) is 0.455. The van der Waals surface area contributed by atoms with Crippen molar-refractivity contribution in [1.82, 2.24) is 0 Å². The van der Waals surface area contributed by atoms with Crippen LogP contribution in [0.1, 0.15) is 37.8 Å². The first-order valence-corrected chi connectivity index (χ1v) is 11.7. The third-order valence-electron chi connectivity index (χ3n) is 4.04. The number of hydrogen-bond acceptors (Lipinski definition) is 2. The minimum absolute atomic E-state index is 0.656. The lowest BCUT2D eigenvalue weighted by Crippen LogP contribution is -2.01. The van der Waals surface area contributed by atoms with Crippen LogP contribution in [0.25, 0.3) is 11.1 Å². The first-order chi connectivity index (χ1) is 12.5. The summed E-state index contributed by atoms with van der Waals surface area (Å²) >= 11 is 4.87. The standard InChI is InChI=1S/C22H28I2O2/c1-17(23)9-11-25-15-19-5-3-7-21(13-19)22-8-4-6-20(14-22)16-26-12-10-18(2)24/h3-8,13-14,17-18H,9-12,15-16H2,1-2H3. The highest BCUT2D eigenvalue weighted by Gasteiger charge is 2.03. The largest absolute Gasteiger partial charge is 0.377 e. The zero-order chi connectivity index (χ0) is 18.8. The molecule has 2 unspecified atom stereocenters. The molecule has 0 aliphatic carbocycles. The summed E-state index contributed by atoms with van der Waals surface area (Å²) in [5.74, 6) is 0. The van der Waals surface area contributed by atoms with Gasteiger partial charge in [-0.05, 0) is 47.2 Å². The van der Waals surface area contributed by atoms with E-state index in [9.17, 15) is 0 Å². The van der Waals surface area contributed by atoms with Crippen molar-refractivity contribution in [3.05, 3.63) is 59.7 Å². The van der Waals surface area contributed by atoms with Gasteiger partial charge >= 0.3 is 0 Å². The Hall–Kier alpha value is -0.180. The Morgan fingerprint density at radius 3 is 1.54 bits per heavy atom. The highest BCUT2D eigenvalue weighted by atomic mass is 127. The number of ether oxygens (including phenoxy) is 2. The molecule has 0 fully saturated rings. The lowest BCUT2D eigenvalue weighted by molar-refractivity contribution is 0.119. The van der Waals surface area contributed by atoms with Crippen LogP contribution in [0.4, 0.5) is 0 Å². The molecule has 2 rings (SSSR count). The van der Waals surface area contributed by atoms with Gasteiger partial charge < -0.3 is 9.47 Å². The second kappa shape index (κ2) is 12.3. The number of alkyl halides is 2. The number of hydrogen-bond donors (Lipinski definition) is 0. The van der Waals surface area contributed by atoms with Crippen molar-refractivity contribution in [3.63, 3.8) is 0 Å². The topological polar surface area (TPSA) is 18.5 Å². The van der Waals surface area contributed by atoms with Crippen molar-refractivity contribution in [1.29, 1.82) is 0 Å². The first kappa shape index (κ1) is 22.1. The van der Waals surface area contributed by atoms with Crippen molar-refractivity contribution in [3.8, 4) is 11.1 Å². The number of rotatable bonds is 11. The van der Waals surface area contributed by atoms with Gasteiger partial charge in [-0.2, -0.15) is 0 Å². The van der Waals surface area contributed by atoms with Crippen molar-refractivity contribution >= 4 is 45.2 Å².